The maximum absolute atomic E-state index is 12.3. The molecular formula is C24H22N2O5. The molecule has 1 aliphatic heterocycles. The lowest BCUT2D eigenvalue weighted by atomic mass is 10.2. The molecule has 7 heteroatoms. The van der Waals surface area contributed by atoms with E-state index in [4.69, 9.17) is 18.9 Å². The van der Waals surface area contributed by atoms with Gasteiger partial charge in [0.15, 0.2) is 23.0 Å². The lowest BCUT2D eigenvalue weighted by Gasteiger charge is -2.24. The molecule has 31 heavy (non-hydrogen) atoms. The van der Waals surface area contributed by atoms with Crippen LogP contribution in [0.3, 0.4) is 0 Å². The molecule has 4 rings (SSSR count). The highest BCUT2D eigenvalue weighted by atomic mass is 16.6. The zero-order chi connectivity index (χ0) is 21.5. The van der Waals surface area contributed by atoms with Crippen LogP contribution in [0.15, 0.2) is 77.9 Å². The Hall–Kier alpha value is -4.00. The number of amides is 1. The molecule has 0 aromatic heterocycles. The molecule has 0 saturated heterocycles. The van der Waals surface area contributed by atoms with Gasteiger partial charge >= 0.3 is 0 Å². The summed E-state index contributed by atoms with van der Waals surface area (Å²) in [6.07, 6.45) is 0.759. The van der Waals surface area contributed by atoms with Crippen molar-refractivity contribution in [3.8, 4) is 23.0 Å². The van der Waals surface area contributed by atoms with Gasteiger partial charge in [-0.2, -0.15) is 5.10 Å². The third-order valence-corrected chi connectivity index (χ3v) is 4.61. The molecule has 3 aromatic rings. The van der Waals surface area contributed by atoms with Gasteiger partial charge < -0.3 is 18.9 Å². The molecule has 0 bridgehead atoms. The predicted molar refractivity (Wildman–Crippen MR) is 116 cm³/mol. The van der Waals surface area contributed by atoms with Crippen molar-refractivity contribution in [3.63, 3.8) is 0 Å². The number of rotatable bonds is 7. The van der Waals surface area contributed by atoms with Crippen LogP contribution in [0, 0.1) is 0 Å². The molecule has 0 saturated carbocycles. The van der Waals surface area contributed by atoms with Crippen LogP contribution < -0.4 is 24.4 Å². The van der Waals surface area contributed by atoms with E-state index in [0.29, 0.717) is 29.6 Å². The number of hydrazone groups is 1. The highest BCUT2D eigenvalue weighted by Crippen LogP contribution is 2.31. The number of ether oxygens (including phenoxy) is 4. The summed E-state index contributed by atoms with van der Waals surface area (Å²) < 4.78 is 22.5. The molecular weight excluding hydrogens is 396 g/mol. The number of fused-ring (bicyclic) bond motifs is 1. The standard InChI is InChI=1S/C24H22N2O5/c1-28-22-13-18(11-12-20(22)29-15-17-7-3-2-4-8-17)14-25-26-24(27)23-16-30-19-9-5-6-10-21(19)31-23/h2-14,23H,15-16H2,1H3,(H,26,27)/b25-14-/t23-/m1/s1. The summed E-state index contributed by atoms with van der Waals surface area (Å²) >= 11 is 0. The zero-order valence-corrected chi connectivity index (χ0v) is 17.0. The Balaban J connectivity index is 1.34. The molecule has 1 heterocycles. The lowest BCUT2D eigenvalue weighted by Crippen LogP contribution is -2.42. The molecule has 0 unspecified atom stereocenters. The van der Waals surface area contributed by atoms with Crippen molar-refractivity contribution in [2.45, 2.75) is 12.7 Å². The van der Waals surface area contributed by atoms with Gasteiger partial charge in [0.1, 0.15) is 13.2 Å². The van der Waals surface area contributed by atoms with Gasteiger partial charge in [0.2, 0.25) is 6.10 Å². The molecule has 0 aliphatic carbocycles. The van der Waals surface area contributed by atoms with Crippen molar-refractivity contribution in [3.05, 3.63) is 83.9 Å². The van der Waals surface area contributed by atoms with Gasteiger partial charge in [-0.05, 0) is 41.5 Å². The molecule has 7 nitrogen and oxygen atoms in total. The van der Waals surface area contributed by atoms with Gasteiger partial charge in [0.05, 0.1) is 13.3 Å². The summed E-state index contributed by atoms with van der Waals surface area (Å²) in [7, 11) is 1.58. The van der Waals surface area contributed by atoms with Crippen LogP contribution >= 0.6 is 0 Å². The summed E-state index contributed by atoms with van der Waals surface area (Å²) in [5.41, 5.74) is 4.29. The third-order valence-electron chi connectivity index (χ3n) is 4.61. The Labute approximate surface area is 180 Å². The first-order valence-electron chi connectivity index (χ1n) is 9.79. The van der Waals surface area contributed by atoms with Gasteiger partial charge in [0.25, 0.3) is 5.91 Å². The third kappa shape index (κ3) is 5.14. The number of carbonyl (C=O) groups is 1. The largest absolute Gasteiger partial charge is 0.493 e. The van der Waals surface area contributed by atoms with Crippen LogP contribution in [-0.4, -0.2) is 31.9 Å². The Morgan fingerprint density at radius 3 is 2.65 bits per heavy atom. The van der Waals surface area contributed by atoms with Crippen LogP contribution in [0.25, 0.3) is 0 Å². The summed E-state index contributed by atoms with van der Waals surface area (Å²) in [5, 5.41) is 4.01. The predicted octanol–water partition coefficient (Wildman–Crippen LogP) is 3.56. The minimum atomic E-state index is -0.768. The Kier molecular flexibility index (Phi) is 6.32. The minimum Gasteiger partial charge on any atom is -0.493 e. The quantitative estimate of drug-likeness (QED) is 0.469. The second kappa shape index (κ2) is 9.67. The maximum atomic E-state index is 12.3. The van der Waals surface area contributed by atoms with Crippen LogP contribution in [0.4, 0.5) is 0 Å². The number of carbonyl (C=O) groups excluding carboxylic acids is 1. The van der Waals surface area contributed by atoms with Crippen molar-refractivity contribution < 1.29 is 23.7 Å². The molecule has 1 amide bonds. The van der Waals surface area contributed by atoms with E-state index in [-0.39, 0.29) is 12.5 Å². The molecule has 1 N–H and O–H groups in total. The van der Waals surface area contributed by atoms with E-state index >= 15 is 0 Å². The topological polar surface area (TPSA) is 78.4 Å². The molecule has 0 spiro atoms. The molecule has 3 aromatic carbocycles. The number of para-hydroxylation sites is 2. The van der Waals surface area contributed by atoms with Crippen molar-refractivity contribution >= 4 is 12.1 Å². The van der Waals surface area contributed by atoms with Crippen LogP contribution in [-0.2, 0) is 11.4 Å². The fourth-order valence-corrected chi connectivity index (χ4v) is 3.01. The summed E-state index contributed by atoms with van der Waals surface area (Å²) in [6, 6.07) is 22.5. The SMILES string of the molecule is COc1cc(/C=N\NC(=O)[C@H]2COc3ccccc3O2)ccc1OCc1ccccc1. The highest BCUT2D eigenvalue weighted by molar-refractivity contribution is 5.85. The van der Waals surface area contributed by atoms with Crippen LogP contribution in [0.2, 0.25) is 0 Å². The van der Waals surface area contributed by atoms with Crippen molar-refractivity contribution in [1.29, 1.82) is 0 Å². The minimum absolute atomic E-state index is 0.125. The van der Waals surface area contributed by atoms with Gasteiger partial charge in [-0.3, -0.25) is 4.79 Å². The smallest absolute Gasteiger partial charge is 0.284 e. The summed E-state index contributed by atoms with van der Waals surface area (Å²) in [6.45, 7) is 0.562. The lowest BCUT2D eigenvalue weighted by molar-refractivity contribution is -0.130. The highest BCUT2D eigenvalue weighted by Gasteiger charge is 2.26. The average Bonchev–Trinajstić information content (AvgIpc) is 2.83. The van der Waals surface area contributed by atoms with Gasteiger partial charge in [0, 0.05) is 0 Å². The average molecular weight is 418 g/mol. The Morgan fingerprint density at radius 2 is 1.84 bits per heavy atom. The second-order valence-electron chi connectivity index (χ2n) is 6.78. The zero-order valence-electron chi connectivity index (χ0n) is 17.0. The van der Waals surface area contributed by atoms with Crippen molar-refractivity contribution in [2.75, 3.05) is 13.7 Å². The molecule has 158 valence electrons. The van der Waals surface area contributed by atoms with Crippen LogP contribution in [0.1, 0.15) is 11.1 Å². The number of methoxy groups -OCH3 is 1. The summed E-state index contributed by atoms with van der Waals surface area (Å²) in [5.74, 6) is 1.97. The van der Waals surface area contributed by atoms with Crippen LogP contribution in [0.5, 0.6) is 23.0 Å². The van der Waals surface area contributed by atoms with Crippen molar-refractivity contribution in [1.82, 2.24) is 5.43 Å². The monoisotopic (exact) mass is 418 g/mol. The summed E-state index contributed by atoms with van der Waals surface area (Å²) in [4.78, 5) is 12.3. The van der Waals surface area contributed by atoms with Gasteiger partial charge in [-0.1, -0.05) is 42.5 Å². The van der Waals surface area contributed by atoms with E-state index in [1.807, 2.05) is 48.5 Å². The van der Waals surface area contributed by atoms with E-state index in [0.717, 1.165) is 11.1 Å². The van der Waals surface area contributed by atoms with E-state index in [2.05, 4.69) is 10.5 Å². The van der Waals surface area contributed by atoms with Crippen molar-refractivity contribution in [2.24, 2.45) is 5.10 Å². The van der Waals surface area contributed by atoms with Gasteiger partial charge in [-0.15, -0.1) is 0 Å². The maximum Gasteiger partial charge on any atom is 0.284 e. The number of benzene rings is 3. The number of hydrogen-bond donors (Lipinski definition) is 1. The normalized spacial score (nSPS) is 14.8. The molecule has 0 fully saturated rings. The van der Waals surface area contributed by atoms with E-state index in [1.54, 1.807) is 31.4 Å². The fourth-order valence-electron chi connectivity index (χ4n) is 3.01. The molecule has 1 aliphatic rings. The van der Waals surface area contributed by atoms with E-state index < -0.39 is 6.10 Å². The van der Waals surface area contributed by atoms with E-state index in [9.17, 15) is 4.79 Å². The number of nitrogens with one attached hydrogen (secondary N) is 1. The molecule has 0 radical (unpaired) electrons. The first-order valence-corrected chi connectivity index (χ1v) is 9.79. The number of hydrogen-bond acceptors (Lipinski definition) is 6. The Morgan fingerprint density at radius 1 is 1.06 bits per heavy atom. The first kappa shape index (κ1) is 20.3. The Bertz CT molecular complexity index is 1070. The van der Waals surface area contributed by atoms with Gasteiger partial charge in [-0.25, -0.2) is 5.43 Å². The number of nitrogens with zero attached hydrogens (tertiary/aromatic N) is 1. The molecule has 1 atom stereocenters. The van der Waals surface area contributed by atoms with E-state index in [1.165, 1.54) is 6.21 Å². The fraction of sp³-hybridized carbons (Fsp3) is 0.167. The first-order chi connectivity index (χ1) is 15.2. The second-order valence-corrected chi connectivity index (χ2v) is 6.78.